The number of likely N-dealkylation sites (N-methyl/N-ethyl adjacent to an activating group) is 1. The van der Waals surface area contributed by atoms with Crippen molar-refractivity contribution < 1.29 is 23.2 Å². The fraction of sp³-hybridized carbons (Fsp3) is 0.231. The number of carbonyl (C=O) groups excluding carboxylic acids is 2. The van der Waals surface area contributed by atoms with E-state index in [2.05, 4.69) is 5.32 Å². The number of hydrogen-bond donors (Lipinski definition) is 1. The van der Waals surface area contributed by atoms with E-state index in [0.29, 0.717) is 11.3 Å². The van der Waals surface area contributed by atoms with E-state index < -0.39 is 5.97 Å². The van der Waals surface area contributed by atoms with Crippen molar-refractivity contribution in [3.8, 4) is 0 Å². The lowest BCUT2D eigenvalue weighted by molar-refractivity contribution is -0.758. The Morgan fingerprint density at radius 1 is 1.26 bits per heavy atom. The third-order valence-electron chi connectivity index (χ3n) is 3.05. The first-order chi connectivity index (χ1) is 8.87. The maximum absolute atomic E-state index is 12.9. The van der Waals surface area contributed by atoms with Gasteiger partial charge in [0.25, 0.3) is 5.70 Å². The van der Waals surface area contributed by atoms with Crippen molar-refractivity contribution in [3.05, 3.63) is 41.3 Å². The number of amides is 2. The number of rotatable bonds is 2. The molecule has 1 aliphatic rings. The predicted molar refractivity (Wildman–Crippen MR) is 66.0 cm³/mol. The fourth-order valence-electron chi connectivity index (χ4n) is 1.94. The molecule has 0 aromatic heterocycles. The molecule has 1 N–H and O–H groups in total. The number of esters is 1. The van der Waals surface area contributed by atoms with Gasteiger partial charge in [-0.25, -0.2) is 18.5 Å². The largest absolute Gasteiger partial charge is 0.461 e. The number of quaternary nitrogens is 1. The van der Waals surface area contributed by atoms with Crippen LogP contribution >= 0.6 is 0 Å². The molecule has 1 aromatic carbocycles. The highest BCUT2D eigenvalue weighted by Gasteiger charge is 2.47. The van der Waals surface area contributed by atoms with E-state index in [-0.39, 0.29) is 22.0 Å². The summed E-state index contributed by atoms with van der Waals surface area (Å²) in [5.74, 6) is -0.982. The molecular weight excluding hydrogens is 251 g/mol. The SMILES string of the molecule is COC(=O)C1=C(c2ccc(F)cc2)NC(=O)[N+]1(C)C. The minimum atomic E-state index is -0.595. The first-order valence-corrected chi connectivity index (χ1v) is 5.62. The Kier molecular flexibility index (Phi) is 3.11. The van der Waals surface area contributed by atoms with E-state index in [0.717, 1.165) is 0 Å². The average molecular weight is 265 g/mol. The van der Waals surface area contributed by atoms with Gasteiger partial charge in [0.1, 0.15) is 11.5 Å². The van der Waals surface area contributed by atoms with E-state index in [1.807, 2.05) is 0 Å². The highest BCUT2D eigenvalue weighted by atomic mass is 19.1. The van der Waals surface area contributed by atoms with Gasteiger partial charge in [0, 0.05) is 5.56 Å². The predicted octanol–water partition coefficient (Wildman–Crippen LogP) is 1.47. The summed E-state index contributed by atoms with van der Waals surface area (Å²) in [6.45, 7) is 0. The van der Waals surface area contributed by atoms with E-state index in [1.54, 1.807) is 14.1 Å². The first-order valence-electron chi connectivity index (χ1n) is 5.62. The average Bonchev–Trinajstić information content (AvgIpc) is 2.61. The quantitative estimate of drug-likeness (QED) is 0.650. The van der Waals surface area contributed by atoms with Gasteiger partial charge in [-0.2, -0.15) is 0 Å². The lowest BCUT2D eigenvalue weighted by Gasteiger charge is -2.19. The number of urea groups is 1. The molecule has 5 nitrogen and oxygen atoms in total. The maximum atomic E-state index is 12.9. The van der Waals surface area contributed by atoms with Gasteiger partial charge in [-0.3, -0.25) is 5.32 Å². The summed E-state index contributed by atoms with van der Waals surface area (Å²) in [5.41, 5.74) is 1.10. The van der Waals surface area contributed by atoms with E-state index in [4.69, 9.17) is 4.74 Å². The third-order valence-corrected chi connectivity index (χ3v) is 3.05. The minimum Gasteiger partial charge on any atom is -0.461 e. The van der Waals surface area contributed by atoms with Crippen molar-refractivity contribution in [1.82, 2.24) is 5.32 Å². The molecule has 0 saturated heterocycles. The zero-order valence-electron chi connectivity index (χ0n) is 10.9. The van der Waals surface area contributed by atoms with Crippen LogP contribution in [-0.2, 0) is 9.53 Å². The zero-order valence-corrected chi connectivity index (χ0v) is 10.9. The van der Waals surface area contributed by atoms with E-state index in [9.17, 15) is 14.0 Å². The molecule has 1 aromatic rings. The Balaban J connectivity index is 2.59. The molecule has 0 radical (unpaired) electrons. The molecule has 0 bridgehead atoms. The van der Waals surface area contributed by atoms with Gasteiger partial charge in [0.15, 0.2) is 0 Å². The molecule has 0 spiro atoms. The molecule has 6 heteroatoms. The molecule has 2 rings (SSSR count). The van der Waals surface area contributed by atoms with Crippen LogP contribution in [0.2, 0.25) is 0 Å². The Bertz CT molecular complexity index is 576. The number of halogens is 1. The summed E-state index contributed by atoms with van der Waals surface area (Å²) in [6.07, 6.45) is 0. The minimum absolute atomic E-state index is 0.194. The van der Waals surface area contributed by atoms with E-state index in [1.165, 1.54) is 31.4 Å². The van der Waals surface area contributed by atoms with Crippen molar-refractivity contribution >= 4 is 17.7 Å². The van der Waals surface area contributed by atoms with Crippen LogP contribution in [0.15, 0.2) is 30.0 Å². The lowest BCUT2D eigenvalue weighted by atomic mass is 10.1. The second-order valence-electron chi connectivity index (χ2n) is 4.61. The van der Waals surface area contributed by atoms with Crippen LogP contribution in [-0.4, -0.2) is 37.7 Å². The molecule has 0 fully saturated rings. The number of methoxy groups -OCH3 is 1. The van der Waals surface area contributed by atoms with Gasteiger partial charge in [0.2, 0.25) is 0 Å². The zero-order chi connectivity index (χ0) is 14.2. The number of nitrogens with one attached hydrogen (secondary N) is 1. The molecule has 1 heterocycles. The highest BCUT2D eigenvalue weighted by molar-refractivity contribution is 6.03. The third kappa shape index (κ3) is 2.10. The van der Waals surface area contributed by atoms with Gasteiger partial charge in [-0.1, -0.05) is 0 Å². The Morgan fingerprint density at radius 2 is 1.84 bits per heavy atom. The number of nitrogens with zero attached hydrogens (tertiary/aromatic N) is 1. The number of ether oxygens (including phenoxy) is 1. The van der Waals surface area contributed by atoms with Crippen molar-refractivity contribution in [1.29, 1.82) is 0 Å². The molecule has 0 aliphatic carbocycles. The molecule has 0 atom stereocenters. The van der Waals surface area contributed by atoms with Gasteiger partial charge in [0.05, 0.1) is 21.2 Å². The summed E-state index contributed by atoms with van der Waals surface area (Å²) in [4.78, 5) is 23.8. The molecular formula is C13H14FN2O3+. The van der Waals surface area contributed by atoms with Crippen molar-refractivity contribution in [2.24, 2.45) is 0 Å². The molecule has 100 valence electrons. The standard InChI is InChI=1S/C13H13FN2O3/c1-16(2)11(12(17)19-3)10(15-13(16)18)8-4-6-9(14)7-5-8/h4-7H,1-3H3/p+1. The topological polar surface area (TPSA) is 55.4 Å². The molecule has 19 heavy (non-hydrogen) atoms. The monoisotopic (exact) mass is 265 g/mol. The summed E-state index contributed by atoms with van der Waals surface area (Å²) in [7, 11) is 4.41. The summed E-state index contributed by atoms with van der Waals surface area (Å²) in [6, 6.07) is 5.18. The van der Waals surface area contributed by atoms with Crippen molar-refractivity contribution in [2.45, 2.75) is 0 Å². The van der Waals surface area contributed by atoms with Crippen LogP contribution in [0.1, 0.15) is 5.56 Å². The highest BCUT2D eigenvalue weighted by Crippen LogP contribution is 2.29. The van der Waals surface area contributed by atoms with Crippen LogP contribution in [0.5, 0.6) is 0 Å². The fourth-order valence-corrected chi connectivity index (χ4v) is 1.94. The van der Waals surface area contributed by atoms with Gasteiger partial charge >= 0.3 is 12.0 Å². The van der Waals surface area contributed by atoms with Gasteiger partial charge in [-0.15, -0.1) is 0 Å². The van der Waals surface area contributed by atoms with Gasteiger partial charge in [-0.05, 0) is 24.3 Å². The Labute approximate surface area is 109 Å². The molecule has 1 aliphatic heterocycles. The second kappa shape index (κ2) is 4.47. The maximum Gasteiger partial charge on any atom is 0.426 e. The smallest absolute Gasteiger partial charge is 0.426 e. The van der Waals surface area contributed by atoms with Crippen LogP contribution in [0.25, 0.3) is 5.70 Å². The van der Waals surface area contributed by atoms with Crippen LogP contribution in [0, 0.1) is 5.82 Å². The summed E-state index contributed by atoms with van der Waals surface area (Å²) >= 11 is 0. The summed E-state index contributed by atoms with van der Waals surface area (Å²) < 4.78 is 17.4. The van der Waals surface area contributed by atoms with Crippen LogP contribution in [0.3, 0.4) is 0 Å². The molecule has 0 saturated carbocycles. The number of hydrogen-bond acceptors (Lipinski definition) is 3. The molecule has 2 amide bonds. The number of carbonyl (C=O) groups is 2. The molecule has 0 unspecified atom stereocenters. The normalized spacial score (nSPS) is 17.4. The van der Waals surface area contributed by atoms with Crippen molar-refractivity contribution in [2.75, 3.05) is 21.2 Å². The first kappa shape index (κ1) is 13.2. The Hall–Kier alpha value is -2.21. The van der Waals surface area contributed by atoms with Crippen LogP contribution < -0.4 is 5.32 Å². The number of benzene rings is 1. The van der Waals surface area contributed by atoms with Crippen molar-refractivity contribution in [3.63, 3.8) is 0 Å². The van der Waals surface area contributed by atoms with Gasteiger partial charge < -0.3 is 4.74 Å². The van der Waals surface area contributed by atoms with E-state index >= 15 is 0 Å². The second-order valence-corrected chi connectivity index (χ2v) is 4.61. The Morgan fingerprint density at radius 3 is 2.37 bits per heavy atom. The summed E-state index contributed by atoms with van der Waals surface area (Å²) in [5, 5.41) is 2.63. The lowest BCUT2D eigenvalue weighted by Crippen LogP contribution is -2.45. The van der Waals surface area contributed by atoms with Crippen LogP contribution in [0.4, 0.5) is 9.18 Å².